The van der Waals surface area contributed by atoms with Gasteiger partial charge in [0.1, 0.15) is 0 Å². The quantitative estimate of drug-likeness (QED) is 0.581. The molecule has 0 bridgehead atoms. The zero-order valence-corrected chi connectivity index (χ0v) is 19.7. The van der Waals surface area contributed by atoms with E-state index in [1.54, 1.807) is 11.8 Å². The highest BCUT2D eigenvalue weighted by Gasteiger charge is 2.27. The summed E-state index contributed by atoms with van der Waals surface area (Å²) in [5.74, 6) is -0.211. The van der Waals surface area contributed by atoms with Crippen LogP contribution in [0.1, 0.15) is 60.8 Å². The highest BCUT2D eigenvalue weighted by Crippen LogP contribution is 2.27. The Morgan fingerprint density at radius 3 is 2.62 bits per heavy atom. The van der Waals surface area contributed by atoms with E-state index in [2.05, 4.69) is 15.7 Å². The second-order valence-electron chi connectivity index (χ2n) is 8.76. The second kappa shape index (κ2) is 11.2. The van der Waals surface area contributed by atoms with Crippen molar-refractivity contribution in [1.29, 1.82) is 0 Å². The summed E-state index contributed by atoms with van der Waals surface area (Å²) in [5, 5.41) is 10.6. The maximum atomic E-state index is 12.8. The van der Waals surface area contributed by atoms with Crippen LogP contribution >= 0.6 is 0 Å². The van der Waals surface area contributed by atoms with Crippen molar-refractivity contribution in [2.24, 2.45) is 0 Å². The van der Waals surface area contributed by atoms with Gasteiger partial charge in [0.15, 0.2) is 5.69 Å². The molecule has 2 aromatic rings. The number of hydrogen-bond acceptors (Lipinski definition) is 5. The highest BCUT2D eigenvalue weighted by molar-refractivity contribution is 5.94. The number of nitrogens with one attached hydrogen (secondary N) is 2. The summed E-state index contributed by atoms with van der Waals surface area (Å²) in [5.41, 5.74) is 3.61. The van der Waals surface area contributed by atoms with Crippen LogP contribution in [0, 0.1) is 0 Å². The maximum Gasteiger partial charge on any atom is 0.409 e. The molecule has 182 valence electrons. The highest BCUT2D eigenvalue weighted by atomic mass is 16.6. The first kappa shape index (κ1) is 23.8. The summed E-state index contributed by atoms with van der Waals surface area (Å²) in [6.07, 6.45) is 4.86. The lowest BCUT2D eigenvalue weighted by atomic mass is 10.1. The first-order valence-electron chi connectivity index (χ1n) is 12.2. The summed E-state index contributed by atoms with van der Waals surface area (Å²) in [4.78, 5) is 38.6. The number of amides is 3. The van der Waals surface area contributed by atoms with Gasteiger partial charge in [-0.2, -0.15) is 5.10 Å². The van der Waals surface area contributed by atoms with Crippen molar-refractivity contribution in [3.63, 3.8) is 0 Å². The molecule has 9 nitrogen and oxygen atoms in total. The second-order valence-corrected chi connectivity index (χ2v) is 8.76. The Kier molecular flexibility index (Phi) is 7.82. The van der Waals surface area contributed by atoms with Gasteiger partial charge in [-0.15, -0.1) is 0 Å². The van der Waals surface area contributed by atoms with E-state index < -0.39 is 0 Å². The molecule has 0 spiro atoms. The van der Waals surface area contributed by atoms with E-state index in [4.69, 9.17) is 4.74 Å². The summed E-state index contributed by atoms with van der Waals surface area (Å²) in [7, 11) is 0. The van der Waals surface area contributed by atoms with Crippen molar-refractivity contribution < 1.29 is 19.1 Å². The SMILES string of the molecule is CCOC(=O)N1CCC(NC(=O)CCCNC(=O)c2nn(-c3ccccc3)c3c2CCC3)CC1. The number of aromatic nitrogens is 2. The Morgan fingerprint density at radius 1 is 1.12 bits per heavy atom. The Bertz CT molecular complexity index is 1010. The number of carbonyl (C=O) groups is 3. The van der Waals surface area contributed by atoms with Crippen LogP contribution in [0.25, 0.3) is 5.69 Å². The van der Waals surface area contributed by atoms with Crippen LogP contribution in [0.3, 0.4) is 0 Å². The largest absolute Gasteiger partial charge is 0.450 e. The average molecular weight is 468 g/mol. The number of hydrogen-bond donors (Lipinski definition) is 2. The van der Waals surface area contributed by atoms with Gasteiger partial charge < -0.3 is 20.3 Å². The third-order valence-electron chi connectivity index (χ3n) is 6.40. The molecule has 1 aliphatic carbocycles. The van der Waals surface area contributed by atoms with E-state index in [1.807, 2.05) is 35.0 Å². The van der Waals surface area contributed by atoms with E-state index in [0.29, 0.717) is 44.8 Å². The zero-order valence-electron chi connectivity index (χ0n) is 19.7. The van der Waals surface area contributed by atoms with E-state index >= 15 is 0 Å². The molecular weight excluding hydrogens is 434 g/mol. The van der Waals surface area contributed by atoms with Gasteiger partial charge in [-0.05, 0) is 57.6 Å². The van der Waals surface area contributed by atoms with Crippen molar-refractivity contribution >= 4 is 17.9 Å². The molecule has 1 saturated heterocycles. The van der Waals surface area contributed by atoms with E-state index in [-0.39, 0.29) is 23.9 Å². The van der Waals surface area contributed by atoms with Gasteiger partial charge in [-0.25, -0.2) is 9.48 Å². The Morgan fingerprint density at radius 2 is 1.88 bits per heavy atom. The van der Waals surface area contributed by atoms with Crippen LogP contribution in [0.5, 0.6) is 0 Å². The number of piperidine rings is 1. The summed E-state index contributed by atoms with van der Waals surface area (Å²) >= 11 is 0. The predicted molar refractivity (Wildman–Crippen MR) is 127 cm³/mol. The number of rotatable bonds is 8. The predicted octanol–water partition coefficient (Wildman–Crippen LogP) is 2.61. The zero-order chi connectivity index (χ0) is 23.9. The number of likely N-dealkylation sites (tertiary alicyclic amines) is 1. The first-order chi connectivity index (χ1) is 16.6. The summed E-state index contributed by atoms with van der Waals surface area (Å²) in [6.45, 7) is 3.74. The fourth-order valence-electron chi connectivity index (χ4n) is 4.66. The molecule has 1 fully saturated rings. The van der Waals surface area contributed by atoms with Crippen molar-refractivity contribution in [1.82, 2.24) is 25.3 Å². The summed E-state index contributed by atoms with van der Waals surface area (Å²) < 4.78 is 6.91. The van der Waals surface area contributed by atoms with Crippen LogP contribution in [0.2, 0.25) is 0 Å². The maximum absolute atomic E-state index is 12.8. The van der Waals surface area contributed by atoms with Crippen LogP contribution in [-0.4, -0.2) is 64.9 Å². The minimum atomic E-state index is -0.290. The average Bonchev–Trinajstić information content (AvgIpc) is 3.46. The molecule has 2 N–H and O–H groups in total. The van der Waals surface area contributed by atoms with Gasteiger partial charge in [0.25, 0.3) is 5.91 Å². The molecule has 1 aromatic carbocycles. The van der Waals surface area contributed by atoms with Gasteiger partial charge in [0.2, 0.25) is 5.91 Å². The Balaban J connectivity index is 1.20. The van der Waals surface area contributed by atoms with Crippen molar-refractivity contribution in [3.05, 3.63) is 47.3 Å². The van der Waals surface area contributed by atoms with E-state index in [0.717, 1.165) is 49.0 Å². The molecular formula is C25H33N5O4. The number of benzene rings is 1. The van der Waals surface area contributed by atoms with Crippen molar-refractivity contribution in [3.8, 4) is 5.69 Å². The summed E-state index contributed by atoms with van der Waals surface area (Å²) in [6, 6.07) is 9.94. The van der Waals surface area contributed by atoms with Gasteiger partial charge in [-0.3, -0.25) is 9.59 Å². The van der Waals surface area contributed by atoms with Gasteiger partial charge in [-0.1, -0.05) is 18.2 Å². The van der Waals surface area contributed by atoms with E-state index in [9.17, 15) is 14.4 Å². The normalized spacial score (nSPS) is 15.6. The van der Waals surface area contributed by atoms with Crippen LogP contribution in [0.15, 0.2) is 30.3 Å². The molecule has 0 saturated carbocycles. The molecule has 2 heterocycles. The lowest BCUT2D eigenvalue weighted by Crippen LogP contribution is -2.46. The topological polar surface area (TPSA) is 106 Å². The molecule has 1 aromatic heterocycles. The molecule has 0 unspecified atom stereocenters. The Labute approximate surface area is 199 Å². The lowest BCUT2D eigenvalue weighted by Gasteiger charge is -2.31. The minimum Gasteiger partial charge on any atom is -0.450 e. The fourth-order valence-corrected chi connectivity index (χ4v) is 4.66. The third kappa shape index (κ3) is 5.58. The molecule has 2 aliphatic rings. The third-order valence-corrected chi connectivity index (χ3v) is 6.40. The number of fused-ring (bicyclic) bond motifs is 1. The lowest BCUT2D eigenvalue weighted by molar-refractivity contribution is -0.122. The number of carbonyl (C=O) groups excluding carboxylic acids is 3. The standard InChI is InChI=1S/C25H33N5O4/c1-2-34-25(33)29-16-13-18(14-17-29)27-22(31)12-7-15-26-24(32)23-20-10-6-11-21(20)30(28-23)19-8-4-3-5-9-19/h3-5,8-9,18H,2,6-7,10-17H2,1H3,(H,26,32)(H,27,31). The first-order valence-corrected chi connectivity index (χ1v) is 12.2. The van der Waals surface area contributed by atoms with Crippen molar-refractivity contribution in [2.45, 2.75) is 57.9 Å². The number of para-hydroxylation sites is 1. The van der Waals surface area contributed by atoms with E-state index in [1.165, 1.54) is 0 Å². The number of ether oxygens (including phenoxy) is 1. The minimum absolute atomic E-state index is 0.0296. The Hall–Kier alpha value is -3.36. The number of nitrogens with zero attached hydrogens (tertiary/aromatic N) is 3. The monoisotopic (exact) mass is 467 g/mol. The molecule has 0 radical (unpaired) electrons. The molecule has 1 aliphatic heterocycles. The fraction of sp³-hybridized carbons (Fsp3) is 0.520. The molecule has 4 rings (SSSR count). The van der Waals surface area contributed by atoms with Crippen molar-refractivity contribution in [2.75, 3.05) is 26.2 Å². The van der Waals surface area contributed by atoms with Gasteiger partial charge in [0, 0.05) is 43.4 Å². The van der Waals surface area contributed by atoms with Gasteiger partial charge in [0.05, 0.1) is 12.3 Å². The van der Waals surface area contributed by atoms with Crippen LogP contribution < -0.4 is 10.6 Å². The van der Waals surface area contributed by atoms with Crippen LogP contribution in [0.4, 0.5) is 4.79 Å². The molecule has 34 heavy (non-hydrogen) atoms. The van der Waals surface area contributed by atoms with Gasteiger partial charge >= 0.3 is 6.09 Å². The molecule has 9 heteroatoms. The smallest absolute Gasteiger partial charge is 0.409 e. The van der Waals surface area contributed by atoms with Crippen LogP contribution in [-0.2, 0) is 22.4 Å². The molecule has 0 atom stereocenters. The molecule has 3 amide bonds.